The number of nitrogens with zero attached hydrogens (tertiary/aromatic N) is 3. The maximum Gasteiger partial charge on any atom is 0.335 e. The summed E-state index contributed by atoms with van der Waals surface area (Å²) in [6.45, 7) is 0.790. The van der Waals surface area contributed by atoms with Crippen molar-refractivity contribution in [3.05, 3.63) is 77.9 Å². The van der Waals surface area contributed by atoms with Gasteiger partial charge in [0.25, 0.3) is 0 Å². The first-order valence-electron chi connectivity index (χ1n) is 10.2. The minimum absolute atomic E-state index is 0.195. The predicted octanol–water partition coefficient (Wildman–Crippen LogP) is 5.09. The topological polar surface area (TPSA) is 75.5 Å². The van der Waals surface area contributed by atoms with E-state index in [1.807, 2.05) is 42.5 Å². The summed E-state index contributed by atoms with van der Waals surface area (Å²) in [5.41, 5.74) is 5.43. The molecule has 4 aromatic rings. The number of carboxylic acids is 1. The van der Waals surface area contributed by atoms with Gasteiger partial charge in [0.1, 0.15) is 11.4 Å². The lowest BCUT2D eigenvalue weighted by Gasteiger charge is -2.32. The first-order chi connectivity index (χ1) is 15.1. The fraction of sp³-hybridized carbons (Fsp3) is 0.160. The van der Waals surface area contributed by atoms with Gasteiger partial charge in [0.05, 0.1) is 23.7 Å². The molecule has 0 amide bonds. The summed E-state index contributed by atoms with van der Waals surface area (Å²) in [5, 5.41) is 9.41. The quantitative estimate of drug-likeness (QED) is 0.504. The van der Waals surface area contributed by atoms with Gasteiger partial charge in [-0.25, -0.2) is 14.8 Å². The number of carbonyl (C=O) groups is 1. The molecule has 2 heterocycles. The normalized spacial score (nSPS) is 13.1. The van der Waals surface area contributed by atoms with Crippen molar-refractivity contribution in [2.75, 3.05) is 18.6 Å². The molecule has 0 radical (unpaired) electrons. The molecule has 0 spiro atoms. The second-order valence-electron chi connectivity index (χ2n) is 7.52. The fourth-order valence-electron chi connectivity index (χ4n) is 4.06. The number of aromatic nitrogens is 2. The molecule has 5 rings (SSSR count). The van der Waals surface area contributed by atoms with Crippen molar-refractivity contribution in [3.8, 4) is 17.0 Å². The monoisotopic (exact) mass is 411 g/mol. The number of methoxy groups -OCH3 is 1. The van der Waals surface area contributed by atoms with E-state index < -0.39 is 5.97 Å². The molecule has 0 atom stereocenters. The molecule has 1 aromatic heterocycles. The van der Waals surface area contributed by atoms with Crippen LogP contribution in [0.25, 0.3) is 22.3 Å². The molecule has 0 saturated carbocycles. The van der Waals surface area contributed by atoms with Crippen molar-refractivity contribution in [1.82, 2.24) is 9.97 Å². The maximum absolute atomic E-state index is 11.5. The summed E-state index contributed by atoms with van der Waals surface area (Å²) in [4.78, 5) is 23.5. The second-order valence-corrected chi connectivity index (χ2v) is 7.52. The Hall–Kier alpha value is -3.93. The van der Waals surface area contributed by atoms with Crippen LogP contribution in [0.3, 0.4) is 0 Å². The number of anilines is 2. The minimum atomic E-state index is -0.981. The van der Waals surface area contributed by atoms with E-state index in [1.54, 1.807) is 25.3 Å². The molecule has 6 nitrogen and oxygen atoms in total. The number of benzene rings is 3. The molecule has 0 saturated heterocycles. The van der Waals surface area contributed by atoms with E-state index in [1.165, 1.54) is 5.56 Å². The number of aromatic carboxylic acids is 1. The number of rotatable bonds is 4. The van der Waals surface area contributed by atoms with Crippen molar-refractivity contribution >= 4 is 28.5 Å². The SMILES string of the molecule is COc1ccc2c(c1)N(c1nc3cc(C(=O)O)ccc3nc1-c1ccccc1)CCC2. The van der Waals surface area contributed by atoms with Gasteiger partial charge >= 0.3 is 5.97 Å². The number of aryl methyl sites for hydroxylation is 1. The third-order valence-corrected chi connectivity index (χ3v) is 5.61. The molecule has 0 fully saturated rings. The molecule has 3 aromatic carbocycles. The standard InChI is InChI=1S/C25H21N3O3/c1-31-19-11-9-16-8-5-13-28(22(16)15-19)24-23(17-6-3-2-4-7-17)26-20-12-10-18(25(29)30)14-21(20)27-24/h2-4,6-7,9-12,14-15H,5,8,13H2,1H3,(H,29,30). The summed E-state index contributed by atoms with van der Waals surface area (Å²) < 4.78 is 5.46. The van der Waals surface area contributed by atoms with Gasteiger partial charge in [-0.1, -0.05) is 36.4 Å². The Bertz CT molecular complexity index is 1290. The smallest absolute Gasteiger partial charge is 0.335 e. The van der Waals surface area contributed by atoms with Crippen molar-refractivity contribution in [3.63, 3.8) is 0 Å². The molecular formula is C25H21N3O3. The van der Waals surface area contributed by atoms with Gasteiger partial charge in [0.15, 0.2) is 5.82 Å². The fourth-order valence-corrected chi connectivity index (χ4v) is 4.06. The number of carboxylic acid groups (broad SMARTS) is 1. The van der Waals surface area contributed by atoms with Crippen molar-refractivity contribution in [1.29, 1.82) is 0 Å². The van der Waals surface area contributed by atoms with Crippen molar-refractivity contribution in [2.24, 2.45) is 0 Å². The van der Waals surface area contributed by atoms with Crippen LogP contribution in [-0.4, -0.2) is 34.7 Å². The molecule has 0 bridgehead atoms. The van der Waals surface area contributed by atoms with E-state index in [9.17, 15) is 9.90 Å². The van der Waals surface area contributed by atoms with Crippen molar-refractivity contribution < 1.29 is 14.6 Å². The van der Waals surface area contributed by atoms with E-state index in [0.717, 1.165) is 47.9 Å². The number of fused-ring (bicyclic) bond motifs is 2. The lowest BCUT2D eigenvalue weighted by Crippen LogP contribution is -2.26. The van der Waals surface area contributed by atoms with E-state index in [2.05, 4.69) is 11.0 Å². The van der Waals surface area contributed by atoms with Crippen LogP contribution in [0.15, 0.2) is 66.7 Å². The highest BCUT2D eigenvalue weighted by molar-refractivity contribution is 5.94. The molecular weight excluding hydrogens is 390 g/mol. The molecule has 0 aliphatic carbocycles. The number of hydrogen-bond acceptors (Lipinski definition) is 5. The third-order valence-electron chi connectivity index (χ3n) is 5.61. The van der Waals surface area contributed by atoms with Gasteiger partial charge in [-0.2, -0.15) is 0 Å². The average molecular weight is 411 g/mol. The molecule has 6 heteroatoms. The zero-order valence-corrected chi connectivity index (χ0v) is 17.1. The Morgan fingerprint density at radius 2 is 1.84 bits per heavy atom. The van der Waals surface area contributed by atoms with Crippen LogP contribution < -0.4 is 9.64 Å². The summed E-state index contributed by atoms with van der Waals surface area (Å²) in [5.74, 6) is 0.523. The molecule has 1 aliphatic rings. The molecule has 31 heavy (non-hydrogen) atoms. The van der Waals surface area contributed by atoms with Gasteiger partial charge in [-0.3, -0.25) is 0 Å². The van der Waals surface area contributed by atoms with Crippen LogP contribution in [-0.2, 0) is 6.42 Å². The average Bonchev–Trinajstić information content (AvgIpc) is 2.82. The molecule has 154 valence electrons. The lowest BCUT2D eigenvalue weighted by molar-refractivity contribution is 0.0697. The Labute approximate surface area is 179 Å². The van der Waals surface area contributed by atoms with Gasteiger partial charge in [0, 0.05) is 23.9 Å². The highest BCUT2D eigenvalue weighted by Gasteiger charge is 2.24. The van der Waals surface area contributed by atoms with Crippen LogP contribution in [0.2, 0.25) is 0 Å². The Morgan fingerprint density at radius 1 is 1.00 bits per heavy atom. The van der Waals surface area contributed by atoms with Crippen LogP contribution in [0.1, 0.15) is 22.3 Å². The van der Waals surface area contributed by atoms with Gasteiger partial charge in [0.2, 0.25) is 0 Å². The summed E-state index contributed by atoms with van der Waals surface area (Å²) >= 11 is 0. The zero-order chi connectivity index (χ0) is 21.4. The van der Waals surface area contributed by atoms with E-state index >= 15 is 0 Å². The predicted molar refractivity (Wildman–Crippen MR) is 120 cm³/mol. The third kappa shape index (κ3) is 3.46. The van der Waals surface area contributed by atoms with Gasteiger partial charge in [-0.15, -0.1) is 0 Å². The Morgan fingerprint density at radius 3 is 2.61 bits per heavy atom. The van der Waals surface area contributed by atoms with Gasteiger partial charge in [-0.05, 0) is 42.7 Å². The summed E-state index contributed by atoms with van der Waals surface area (Å²) in [6.07, 6.45) is 1.98. The summed E-state index contributed by atoms with van der Waals surface area (Å²) in [6, 6.07) is 20.9. The first kappa shape index (κ1) is 19.1. The lowest BCUT2D eigenvalue weighted by atomic mass is 10.0. The number of hydrogen-bond donors (Lipinski definition) is 1. The van der Waals surface area contributed by atoms with E-state index in [4.69, 9.17) is 14.7 Å². The maximum atomic E-state index is 11.5. The first-order valence-corrected chi connectivity index (χ1v) is 10.2. The zero-order valence-electron chi connectivity index (χ0n) is 17.1. The van der Waals surface area contributed by atoms with Crippen LogP contribution in [0.4, 0.5) is 11.5 Å². The largest absolute Gasteiger partial charge is 0.497 e. The minimum Gasteiger partial charge on any atom is -0.497 e. The molecule has 0 unspecified atom stereocenters. The highest BCUT2D eigenvalue weighted by Crippen LogP contribution is 2.39. The van der Waals surface area contributed by atoms with Gasteiger partial charge < -0.3 is 14.7 Å². The van der Waals surface area contributed by atoms with E-state index in [0.29, 0.717) is 11.0 Å². The highest BCUT2D eigenvalue weighted by atomic mass is 16.5. The Kier molecular flexibility index (Phi) is 4.75. The van der Waals surface area contributed by atoms with Crippen molar-refractivity contribution in [2.45, 2.75) is 12.8 Å². The van der Waals surface area contributed by atoms with Crippen LogP contribution in [0.5, 0.6) is 5.75 Å². The van der Waals surface area contributed by atoms with E-state index in [-0.39, 0.29) is 5.56 Å². The second kappa shape index (κ2) is 7.72. The number of ether oxygens (including phenoxy) is 1. The summed E-state index contributed by atoms with van der Waals surface area (Å²) in [7, 11) is 1.66. The Balaban J connectivity index is 1.76. The van der Waals surface area contributed by atoms with Crippen LogP contribution in [0, 0.1) is 0 Å². The van der Waals surface area contributed by atoms with Crippen LogP contribution >= 0.6 is 0 Å². The molecule has 1 N–H and O–H groups in total. The molecule has 1 aliphatic heterocycles.